The zero-order valence-corrected chi connectivity index (χ0v) is 13.2. The van der Waals surface area contributed by atoms with Gasteiger partial charge in [-0.2, -0.15) is 0 Å². The van der Waals surface area contributed by atoms with E-state index < -0.39 is 56.3 Å². The van der Waals surface area contributed by atoms with E-state index in [4.69, 9.17) is 20.1 Å². The fourth-order valence-electron chi connectivity index (χ4n) is 1.95. The van der Waals surface area contributed by atoms with Gasteiger partial charge in [0, 0.05) is 12.6 Å². The lowest BCUT2D eigenvalue weighted by Crippen LogP contribution is -2.39. The van der Waals surface area contributed by atoms with Crippen molar-refractivity contribution >= 4 is 5.97 Å². The number of ether oxygens (including phenoxy) is 1. The van der Waals surface area contributed by atoms with Gasteiger partial charge in [0.25, 0.3) is 0 Å². The Kier molecular flexibility index (Phi) is 8.78. The van der Waals surface area contributed by atoms with Crippen molar-refractivity contribution in [1.82, 2.24) is 9.97 Å². The monoisotopic (exact) mass is 362 g/mol. The van der Waals surface area contributed by atoms with Crippen LogP contribution < -0.4 is 0 Å². The van der Waals surface area contributed by atoms with Crippen molar-refractivity contribution < 1.29 is 45.3 Å². The highest BCUT2D eigenvalue weighted by Crippen LogP contribution is 2.20. The maximum absolute atomic E-state index is 10.6. The third-order valence-electron chi connectivity index (χ3n) is 3.35. The standard InChI is InChI=1S/C14H22N2O9/c17-4-10(20)9(19)1-7-2-16-8(3-15-7)13(24)14(11(21)5-18)25-6-12(22)23/h2-3,9-11,13-14,17-21,24H,1,4-6H2,(H,22,23)/t9-,10+,11+,13+,14+/m0/s1. The molecule has 1 heterocycles. The summed E-state index contributed by atoms with van der Waals surface area (Å²) in [6.07, 6.45) is -4.90. The van der Waals surface area contributed by atoms with E-state index in [1.165, 1.54) is 6.20 Å². The van der Waals surface area contributed by atoms with Gasteiger partial charge < -0.3 is 40.5 Å². The first-order chi connectivity index (χ1) is 11.8. The first kappa shape index (κ1) is 21.3. The first-order valence-electron chi connectivity index (χ1n) is 7.38. The molecule has 0 bridgehead atoms. The second-order valence-corrected chi connectivity index (χ2v) is 5.32. The van der Waals surface area contributed by atoms with E-state index in [9.17, 15) is 25.2 Å². The molecule has 142 valence electrons. The van der Waals surface area contributed by atoms with Crippen LogP contribution in [0.3, 0.4) is 0 Å². The average molecular weight is 362 g/mol. The summed E-state index contributed by atoms with van der Waals surface area (Å²) in [6, 6.07) is 0. The second kappa shape index (κ2) is 10.3. The lowest BCUT2D eigenvalue weighted by molar-refractivity contribution is -0.156. The van der Waals surface area contributed by atoms with E-state index in [1.807, 2.05) is 0 Å². The fourth-order valence-corrected chi connectivity index (χ4v) is 1.95. The molecule has 5 atom stereocenters. The number of carboxylic acid groups (broad SMARTS) is 1. The summed E-state index contributed by atoms with van der Waals surface area (Å²) < 4.78 is 4.89. The summed E-state index contributed by atoms with van der Waals surface area (Å²) in [4.78, 5) is 18.4. The van der Waals surface area contributed by atoms with Crippen molar-refractivity contribution in [2.75, 3.05) is 19.8 Å². The molecule has 0 aliphatic carbocycles. The lowest BCUT2D eigenvalue weighted by atomic mass is 10.1. The van der Waals surface area contributed by atoms with Crippen molar-refractivity contribution in [2.45, 2.75) is 36.9 Å². The second-order valence-electron chi connectivity index (χ2n) is 5.32. The third-order valence-corrected chi connectivity index (χ3v) is 3.35. The normalized spacial score (nSPS) is 17.5. The van der Waals surface area contributed by atoms with Gasteiger partial charge in [-0.05, 0) is 0 Å². The summed E-state index contributed by atoms with van der Waals surface area (Å²) in [5.74, 6) is -1.32. The first-order valence-corrected chi connectivity index (χ1v) is 7.38. The number of aliphatic carboxylic acids is 1. The summed E-state index contributed by atoms with van der Waals surface area (Å²) >= 11 is 0. The van der Waals surface area contributed by atoms with Gasteiger partial charge in [0.1, 0.15) is 31.0 Å². The Morgan fingerprint density at radius 1 is 1.00 bits per heavy atom. The van der Waals surface area contributed by atoms with Crippen molar-refractivity contribution in [2.24, 2.45) is 0 Å². The van der Waals surface area contributed by atoms with Gasteiger partial charge in [-0.1, -0.05) is 0 Å². The molecule has 0 saturated heterocycles. The van der Waals surface area contributed by atoms with E-state index in [2.05, 4.69) is 9.97 Å². The number of rotatable bonds is 11. The van der Waals surface area contributed by atoms with E-state index in [0.717, 1.165) is 6.20 Å². The summed E-state index contributed by atoms with van der Waals surface area (Å²) in [5.41, 5.74) is 0.213. The molecular weight excluding hydrogens is 340 g/mol. The van der Waals surface area contributed by atoms with Crippen molar-refractivity contribution in [1.29, 1.82) is 0 Å². The van der Waals surface area contributed by atoms with Crippen LogP contribution in [-0.4, -0.2) is 95.9 Å². The van der Waals surface area contributed by atoms with Crippen molar-refractivity contribution in [3.05, 3.63) is 23.8 Å². The Hall–Kier alpha value is -1.73. The molecule has 11 heteroatoms. The quantitative estimate of drug-likeness (QED) is 0.207. The van der Waals surface area contributed by atoms with Crippen LogP contribution in [0.25, 0.3) is 0 Å². The van der Waals surface area contributed by atoms with Gasteiger partial charge in [-0.25, -0.2) is 4.79 Å². The Morgan fingerprint density at radius 3 is 2.12 bits per heavy atom. The molecule has 0 aromatic carbocycles. The van der Waals surface area contributed by atoms with Gasteiger partial charge in [-0.3, -0.25) is 9.97 Å². The smallest absolute Gasteiger partial charge is 0.329 e. The molecule has 1 rings (SSSR count). The number of carbonyl (C=O) groups is 1. The Labute approximate surface area is 142 Å². The van der Waals surface area contributed by atoms with Gasteiger partial charge in [-0.15, -0.1) is 0 Å². The van der Waals surface area contributed by atoms with Crippen LogP contribution >= 0.6 is 0 Å². The van der Waals surface area contributed by atoms with Gasteiger partial charge in [0.15, 0.2) is 0 Å². The number of aliphatic hydroxyl groups excluding tert-OH is 6. The van der Waals surface area contributed by atoms with Crippen LogP contribution in [0, 0.1) is 0 Å². The molecule has 0 fully saturated rings. The van der Waals surface area contributed by atoms with E-state index in [-0.39, 0.29) is 17.8 Å². The third kappa shape index (κ3) is 6.59. The maximum Gasteiger partial charge on any atom is 0.329 e. The summed E-state index contributed by atoms with van der Waals surface area (Å²) in [7, 11) is 0. The molecule has 7 N–H and O–H groups in total. The van der Waals surface area contributed by atoms with Gasteiger partial charge in [0.05, 0.1) is 36.9 Å². The Bertz CT molecular complexity index is 528. The predicted octanol–water partition coefficient (Wildman–Crippen LogP) is -3.41. The van der Waals surface area contributed by atoms with E-state index in [1.54, 1.807) is 0 Å². The maximum atomic E-state index is 10.6. The highest BCUT2D eigenvalue weighted by atomic mass is 16.5. The van der Waals surface area contributed by atoms with Crippen molar-refractivity contribution in [3.63, 3.8) is 0 Å². The number of aliphatic hydroxyl groups is 6. The minimum atomic E-state index is -1.56. The molecule has 0 aliphatic heterocycles. The minimum Gasteiger partial charge on any atom is -0.480 e. The fraction of sp³-hybridized carbons (Fsp3) is 0.643. The zero-order chi connectivity index (χ0) is 19.0. The molecule has 25 heavy (non-hydrogen) atoms. The van der Waals surface area contributed by atoms with Crippen LogP contribution in [0.2, 0.25) is 0 Å². The molecular formula is C14H22N2O9. The van der Waals surface area contributed by atoms with Crippen LogP contribution in [0.5, 0.6) is 0 Å². The molecule has 0 saturated carbocycles. The van der Waals surface area contributed by atoms with Gasteiger partial charge in [0.2, 0.25) is 0 Å². The SMILES string of the molecule is O=C(O)CO[C@H]([C@H](O)CO)[C@H](O)c1cnc(C[C@H](O)[C@H](O)CO)cn1. The van der Waals surface area contributed by atoms with E-state index in [0.29, 0.717) is 0 Å². The number of hydrogen-bond donors (Lipinski definition) is 7. The Balaban J connectivity index is 2.81. The number of hydrogen-bond acceptors (Lipinski definition) is 10. The predicted molar refractivity (Wildman–Crippen MR) is 80.3 cm³/mol. The summed E-state index contributed by atoms with van der Waals surface area (Å²) in [5, 5.41) is 65.1. The van der Waals surface area contributed by atoms with Crippen LogP contribution in [0.4, 0.5) is 0 Å². The zero-order valence-electron chi connectivity index (χ0n) is 13.2. The molecule has 0 spiro atoms. The molecule has 0 unspecified atom stereocenters. The molecule has 1 aromatic heterocycles. The Morgan fingerprint density at radius 2 is 1.64 bits per heavy atom. The number of nitrogens with zero attached hydrogens (tertiary/aromatic N) is 2. The van der Waals surface area contributed by atoms with Crippen LogP contribution in [0.1, 0.15) is 17.5 Å². The lowest BCUT2D eigenvalue weighted by Gasteiger charge is -2.25. The minimum absolute atomic E-state index is 0.0520. The molecule has 0 radical (unpaired) electrons. The largest absolute Gasteiger partial charge is 0.480 e. The summed E-state index contributed by atoms with van der Waals surface area (Å²) in [6.45, 7) is -2.18. The molecule has 0 amide bonds. The molecule has 0 aliphatic rings. The van der Waals surface area contributed by atoms with Gasteiger partial charge >= 0.3 is 5.97 Å². The highest BCUT2D eigenvalue weighted by molar-refractivity contribution is 5.68. The average Bonchev–Trinajstić information content (AvgIpc) is 2.60. The van der Waals surface area contributed by atoms with Crippen LogP contribution in [-0.2, 0) is 16.0 Å². The van der Waals surface area contributed by atoms with Crippen molar-refractivity contribution in [3.8, 4) is 0 Å². The molecule has 1 aromatic rings. The highest BCUT2D eigenvalue weighted by Gasteiger charge is 2.30. The number of aromatic nitrogens is 2. The topological polar surface area (TPSA) is 194 Å². The van der Waals surface area contributed by atoms with Crippen LogP contribution in [0.15, 0.2) is 12.4 Å². The number of carboxylic acids is 1. The van der Waals surface area contributed by atoms with E-state index >= 15 is 0 Å². The molecule has 11 nitrogen and oxygen atoms in total.